The van der Waals surface area contributed by atoms with Gasteiger partial charge in [0.05, 0.1) is 12.0 Å². The van der Waals surface area contributed by atoms with Crippen molar-refractivity contribution in [1.29, 1.82) is 0 Å². The summed E-state index contributed by atoms with van der Waals surface area (Å²) in [7, 11) is 0. The summed E-state index contributed by atoms with van der Waals surface area (Å²) >= 11 is 0. The Morgan fingerprint density at radius 3 is 2.75 bits per heavy atom. The number of fused-ring (bicyclic) bond motifs is 2. The zero-order chi connectivity index (χ0) is 16.9. The highest BCUT2D eigenvalue weighted by Crippen LogP contribution is 2.49. The maximum Gasteiger partial charge on any atom is 0.371 e. The van der Waals surface area contributed by atoms with Gasteiger partial charge in [-0.05, 0) is 26.7 Å². The number of nitrogens with zero attached hydrogens (tertiary/aromatic N) is 1. The Morgan fingerprint density at radius 2 is 2.04 bits per heavy atom. The number of likely N-dealkylation sites (tertiary alicyclic amines) is 1. The number of hydrogen-bond donors (Lipinski definition) is 2. The number of hydroxylamine groups is 1. The second-order valence-corrected chi connectivity index (χ2v) is 7.57. The molecule has 3 heterocycles. The lowest BCUT2D eigenvalue weighted by atomic mass is 9.93. The summed E-state index contributed by atoms with van der Waals surface area (Å²) in [6, 6.07) is -0.196. The minimum atomic E-state index is -1.42. The molecular weight excluding hydrogens is 314 g/mol. The lowest BCUT2D eigenvalue weighted by molar-refractivity contribution is -0.281. The first-order chi connectivity index (χ1) is 11.4. The van der Waals surface area contributed by atoms with E-state index in [-0.39, 0.29) is 24.0 Å². The van der Waals surface area contributed by atoms with Gasteiger partial charge in [-0.3, -0.25) is 9.57 Å². The monoisotopic (exact) mass is 339 g/mol. The van der Waals surface area contributed by atoms with Gasteiger partial charge in [0.2, 0.25) is 5.79 Å². The van der Waals surface area contributed by atoms with Gasteiger partial charge in [-0.2, -0.15) is 5.48 Å². The van der Waals surface area contributed by atoms with Crippen molar-refractivity contribution in [2.24, 2.45) is 5.92 Å². The first kappa shape index (κ1) is 16.1. The number of rotatable bonds is 1. The zero-order valence-electron chi connectivity index (χ0n) is 14.2. The van der Waals surface area contributed by atoms with E-state index < -0.39 is 17.5 Å². The van der Waals surface area contributed by atoms with E-state index in [1.165, 1.54) is 0 Å². The van der Waals surface area contributed by atoms with E-state index in [2.05, 4.69) is 10.8 Å². The second-order valence-electron chi connectivity index (χ2n) is 7.57. The topological polar surface area (TPSA) is 89.1 Å². The maximum atomic E-state index is 12.6. The fourth-order valence-corrected chi connectivity index (χ4v) is 4.21. The van der Waals surface area contributed by atoms with Gasteiger partial charge in [-0.25, -0.2) is 9.59 Å². The van der Waals surface area contributed by atoms with Gasteiger partial charge in [0, 0.05) is 32.0 Å². The standard InChI is InChI=1S/C16H25N3O5/c1-10(2)17-14(21)19-8-11-12(9-19)18-24-16(11)13(20)22-15(23-16)6-4-3-5-7-15/h10-12,18H,3-9H2,1-2H3,(H,17,21)/t11?,12-,16?/m1/s1. The van der Waals surface area contributed by atoms with E-state index in [9.17, 15) is 9.59 Å². The molecule has 4 aliphatic rings. The van der Waals surface area contributed by atoms with Crippen molar-refractivity contribution in [3.63, 3.8) is 0 Å². The fourth-order valence-electron chi connectivity index (χ4n) is 4.21. The predicted molar refractivity (Wildman–Crippen MR) is 82.5 cm³/mol. The highest BCUT2D eigenvalue weighted by molar-refractivity contribution is 5.82. The molecule has 8 nitrogen and oxygen atoms in total. The number of nitrogens with one attached hydrogen (secondary N) is 2. The Balaban J connectivity index is 1.51. The summed E-state index contributed by atoms with van der Waals surface area (Å²) in [6.07, 6.45) is 4.50. The molecule has 24 heavy (non-hydrogen) atoms. The molecule has 1 saturated carbocycles. The minimum absolute atomic E-state index is 0.0642. The minimum Gasteiger partial charge on any atom is -0.429 e. The summed E-state index contributed by atoms with van der Waals surface area (Å²) in [6.45, 7) is 4.72. The van der Waals surface area contributed by atoms with Crippen molar-refractivity contribution in [1.82, 2.24) is 15.7 Å². The first-order valence-corrected chi connectivity index (χ1v) is 8.87. The van der Waals surface area contributed by atoms with Crippen LogP contribution < -0.4 is 10.8 Å². The summed E-state index contributed by atoms with van der Waals surface area (Å²) in [5, 5.41) is 2.88. The lowest BCUT2D eigenvalue weighted by Crippen LogP contribution is -2.48. The Morgan fingerprint density at radius 1 is 1.29 bits per heavy atom. The van der Waals surface area contributed by atoms with Crippen LogP contribution in [-0.2, 0) is 19.1 Å². The molecule has 0 aromatic heterocycles. The SMILES string of the molecule is CC(C)NC(=O)N1CC2[C@@H](C1)NOC21OC2(CCCCC2)OC1=O. The van der Waals surface area contributed by atoms with E-state index in [4.69, 9.17) is 14.3 Å². The molecule has 8 heteroatoms. The number of amides is 2. The van der Waals surface area contributed by atoms with Crippen molar-refractivity contribution in [2.75, 3.05) is 13.1 Å². The molecule has 0 aromatic rings. The van der Waals surface area contributed by atoms with Gasteiger partial charge in [-0.15, -0.1) is 0 Å². The molecular formula is C16H25N3O5. The Hall–Kier alpha value is -1.38. The van der Waals surface area contributed by atoms with E-state index in [1.54, 1.807) is 4.90 Å². The molecule has 2 spiro atoms. The van der Waals surface area contributed by atoms with Crippen LogP contribution in [0.25, 0.3) is 0 Å². The molecule has 2 amide bonds. The first-order valence-electron chi connectivity index (χ1n) is 8.87. The predicted octanol–water partition coefficient (Wildman–Crippen LogP) is 0.870. The summed E-state index contributed by atoms with van der Waals surface area (Å²) in [5.41, 5.74) is 2.89. The number of urea groups is 1. The molecule has 4 fully saturated rings. The molecule has 0 radical (unpaired) electrons. The third kappa shape index (κ3) is 2.39. The van der Waals surface area contributed by atoms with Crippen LogP contribution in [0.4, 0.5) is 4.79 Å². The molecule has 134 valence electrons. The van der Waals surface area contributed by atoms with Crippen LogP contribution in [0.15, 0.2) is 0 Å². The number of carbonyl (C=O) groups excluding carboxylic acids is 2. The third-order valence-electron chi connectivity index (χ3n) is 5.39. The van der Waals surface area contributed by atoms with Crippen molar-refractivity contribution in [3.8, 4) is 0 Å². The molecule has 3 atom stereocenters. The van der Waals surface area contributed by atoms with Gasteiger partial charge in [0.15, 0.2) is 0 Å². The summed E-state index contributed by atoms with van der Waals surface area (Å²) in [5.74, 6) is -2.99. The maximum absolute atomic E-state index is 12.6. The Labute approximate surface area is 141 Å². The lowest BCUT2D eigenvalue weighted by Gasteiger charge is -2.32. The molecule has 2 N–H and O–H groups in total. The van der Waals surface area contributed by atoms with Crippen LogP contribution in [0.3, 0.4) is 0 Å². The molecule has 0 aromatic carbocycles. The second kappa shape index (κ2) is 5.57. The van der Waals surface area contributed by atoms with Gasteiger partial charge >= 0.3 is 12.0 Å². The normalized spacial score (nSPS) is 37.3. The third-order valence-corrected chi connectivity index (χ3v) is 5.39. The molecule has 1 aliphatic carbocycles. The van der Waals surface area contributed by atoms with Crippen molar-refractivity contribution >= 4 is 12.0 Å². The highest BCUT2D eigenvalue weighted by Gasteiger charge is 2.69. The van der Waals surface area contributed by atoms with Gasteiger partial charge in [0.1, 0.15) is 0 Å². The number of ether oxygens (including phenoxy) is 2. The zero-order valence-corrected chi connectivity index (χ0v) is 14.2. The number of esters is 1. The van der Waals surface area contributed by atoms with Crippen molar-refractivity contribution in [2.45, 2.75) is 69.6 Å². The van der Waals surface area contributed by atoms with E-state index >= 15 is 0 Å². The van der Waals surface area contributed by atoms with Gasteiger partial charge < -0.3 is 15.0 Å². The molecule has 3 saturated heterocycles. The fraction of sp³-hybridized carbons (Fsp3) is 0.875. The van der Waals surface area contributed by atoms with Gasteiger partial charge in [0.25, 0.3) is 5.79 Å². The summed E-state index contributed by atoms with van der Waals surface area (Å²) in [4.78, 5) is 32.2. The van der Waals surface area contributed by atoms with Crippen LogP contribution in [0.2, 0.25) is 0 Å². The van der Waals surface area contributed by atoms with Crippen LogP contribution in [-0.4, -0.2) is 53.6 Å². The largest absolute Gasteiger partial charge is 0.429 e. The average molecular weight is 339 g/mol. The summed E-state index contributed by atoms with van der Waals surface area (Å²) < 4.78 is 11.8. The molecule has 0 bridgehead atoms. The van der Waals surface area contributed by atoms with Crippen molar-refractivity contribution in [3.05, 3.63) is 0 Å². The van der Waals surface area contributed by atoms with Crippen molar-refractivity contribution < 1.29 is 23.9 Å². The molecule has 2 unspecified atom stereocenters. The quantitative estimate of drug-likeness (QED) is 0.689. The van der Waals surface area contributed by atoms with Crippen LogP contribution in [0.1, 0.15) is 46.0 Å². The van der Waals surface area contributed by atoms with Crippen LogP contribution >= 0.6 is 0 Å². The van der Waals surface area contributed by atoms with E-state index in [1.807, 2.05) is 13.8 Å². The number of carbonyl (C=O) groups is 2. The van der Waals surface area contributed by atoms with E-state index in [0.29, 0.717) is 25.9 Å². The van der Waals surface area contributed by atoms with Crippen LogP contribution in [0, 0.1) is 5.92 Å². The molecule has 4 rings (SSSR count). The smallest absolute Gasteiger partial charge is 0.371 e. The van der Waals surface area contributed by atoms with Crippen LogP contribution in [0.5, 0.6) is 0 Å². The van der Waals surface area contributed by atoms with E-state index in [0.717, 1.165) is 19.3 Å². The molecule has 3 aliphatic heterocycles. The number of hydrogen-bond acceptors (Lipinski definition) is 6. The highest BCUT2D eigenvalue weighted by atomic mass is 16.9. The Bertz CT molecular complexity index is 548. The Kier molecular flexibility index (Phi) is 3.74. The van der Waals surface area contributed by atoms with Gasteiger partial charge in [-0.1, -0.05) is 6.42 Å². The average Bonchev–Trinajstić information content (AvgIpc) is 3.15.